The fourth-order valence-corrected chi connectivity index (χ4v) is 3.63. The van der Waals surface area contributed by atoms with Gasteiger partial charge in [0, 0.05) is 20.7 Å². The van der Waals surface area contributed by atoms with Crippen LogP contribution in [0.15, 0.2) is 35.0 Å². The molecular formula is C13H13BrS2. The third-order valence-electron chi connectivity index (χ3n) is 2.35. The minimum Gasteiger partial charge on any atom is -0.144 e. The lowest BCUT2D eigenvalue weighted by Gasteiger charge is -2.04. The van der Waals surface area contributed by atoms with E-state index in [-0.39, 0.29) is 0 Å². The maximum atomic E-state index is 3.49. The van der Waals surface area contributed by atoms with Crippen LogP contribution in [0.2, 0.25) is 0 Å². The topological polar surface area (TPSA) is 0 Å². The molecule has 2 heterocycles. The maximum absolute atomic E-state index is 3.49. The molecule has 0 spiro atoms. The molecule has 0 aliphatic rings. The zero-order valence-corrected chi connectivity index (χ0v) is 12.3. The average molecular weight is 313 g/mol. The van der Waals surface area contributed by atoms with E-state index >= 15 is 0 Å². The minimum atomic E-state index is 1.02. The molecule has 84 valence electrons. The first-order valence-electron chi connectivity index (χ1n) is 5.17. The zero-order chi connectivity index (χ0) is 11.4. The molecule has 3 heteroatoms. The van der Waals surface area contributed by atoms with E-state index in [0.29, 0.717) is 0 Å². The molecule has 0 fully saturated rings. The van der Waals surface area contributed by atoms with E-state index in [2.05, 4.69) is 57.9 Å². The molecule has 0 saturated heterocycles. The smallest absolute Gasteiger partial charge is 0.0382 e. The second-order valence-corrected chi connectivity index (χ2v) is 6.16. The SMILES string of the molecule is Cc1ccsc1C(=CCCBr)c1cccs1. The number of aryl methyl sites for hydroxylation is 1. The first kappa shape index (κ1) is 12.1. The van der Waals surface area contributed by atoms with Crippen molar-refractivity contribution in [3.63, 3.8) is 0 Å². The standard InChI is InChI=1S/C13H13BrS2/c1-10-6-9-16-13(10)11(4-2-7-14)12-5-3-8-15-12/h3-6,8-9H,2,7H2,1H3. The lowest BCUT2D eigenvalue weighted by molar-refractivity contribution is 1.26. The monoisotopic (exact) mass is 312 g/mol. The fraction of sp³-hybridized carbons (Fsp3) is 0.231. The molecule has 0 aliphatic heterocycles. The van der Waals surface area contributed by atoms with Crippen LogP contribution in [0.25, 0.3) is 5.57 Å². The fourth-order valence-electron chi connectivity index (χ4n) is 1.58. The predicted molar refractivity (Wildman–Crippen MR) is 78.9 cm³/mol. The summed E-state index contributed by atoms with van der Waals surface area (Å²) in [4.78, 5) is 2.77. The van der Waals surface area contributed by atoms with E-state index < -0.39 is 0 Å². The van der Waals surface area contributed by atoms with Gasteiger partial charge in [-0.05, 0) is 41.8 Å². The normalized spacial score (nSPS) is 12.0. The lowest BCUT2D eigenvalue weighted by atomic mass is 10.1. The lowest BCUT2D eigenvalue weighted by Crippen LogP contribution is -1.84. The molecular weight excluding hydrogens is 300 g/mol. The van der Waals surface area contributed by atoms with Gasteiger partial charge < -0.3 is 0 Å². The molecule has 0 N–H and O–H groups in total. The third-order valence-corrected chi connectivity index (χ3v) is 4.76. The molecule has 0 radical (unpaired) electrons. The van der Waals surface area contributed by atoms with E-state index in [4.69, 9.17) is 0 Å². The molecule has 0 aromatic carbocycles. The summed E-state index contributed by atoms with van der Waals surface area (Å²) in [5, 5.41) is 5.33. The third kappa shape index (κ3) is 2.65. The largest absolute Gasteiger partial charge is 0.144 e. The second-order valence-electron chi connectivity index (χ2n) is 3.51. The van der Waals surface area contributed by atoms with Crippen molar-refractivity contribution in [2.24, 2.45) is 0 Å². The van der Waals surface area contributed by atoms with E-state index in [9.17, 15) is 0 Å². The van der Waals surface area contributed by atoms with Crippen molar-refractivity contribution in [2.45, 2.75) is 13.3 Å². The van der Waals surface area contributed by atoms with Crippen LogP contribution < -0.4 is 0 Å². The Balaban J connectivity index is 2.40. The van der Waals surface area contributed by atoms with Gasteiger partial charge in [-0.25, -0.2) is 0 Å². The number of thiophene rings is 2. The molecule has 2 aromatic heterocycles. The van der Waals surface area contributed by atoms with Crippen molar-refractivity contribution >= 4 is 44.2 Å². The van der Waals surface area contributed by atoms with Crippen molar-refractivity contribution < 1.29 is 0 Å². The van der Waals surface area contributed by atoms with Crippen LogP contribution in [0, 0.1) is 6.92 Å². The van der Waals surface area contributed by atoms with Crippen molar-refractivity contribution in [1.29, 1.82) is 0 Å². The highest BCUT2D eigenvalue weighted by molar-refractivity contribution is 9.09. The van der Waals surface area contributed by atoms with Gasteiger partial charge in [-0.2, -0.15) is 0 Å². The summed E-state index contributed by atoms with van der Waals surface area (Å²) >= 11 is 7.13. The van der Waals surface area contributed by atoms with Crippen LogP contribution in [0.5, 0.6) is 0 Å². The summed E-state index contributed by atoms with van der Waals surface area (Å²) in [6.45, 7) is 2.18. The highest BCUT2D eigenvalue weighted by Crippen LogP contribution is 2.33. The number of rotatable bonds is 4. The summed E-state index contributed by atoms with van der Waals surface area (Å²) in [7, 11) is 0. The number of halogens is 1. The van der Waals surface area contributed by atoms with E-state index in [1.807, 2.05) is 22.7 Å². The number of hydrogen-bond donors (Lipinski definition) is 0. The Morgan fingerprint density at radius 3 is 2.75 bits per heavy atom. The first-order valence-corrected chi connectivity index (χ1v) is 8.05. The summed E-state index contributed by atoms with van der Waals surface area (Å²) in [5.41, 5.74) is 2.76. The molecule has 0 unspecified atom stereocenters. The Morgan fingerprint density at radius 1 is 1.31 bits per heavy atom. The molecule has 0 nitrogen and oxygen atoms in total. The number of hydrogen-bond acceptors (Lipinski definition) is 2. The molecule has 0 atom stereocenters. The van der Waals surface area contributed by atoms with Crippen molar-refractivity contribution in [2.75, 3.05) is 5.33 Å². The zero-order valence-electron chi connectivity index (χ0n) is 9.07. The molecule has 2 rings (SSSR count). The van der Waals surface area contributed by atoms with Gasteiger partial charge >= 0.3 is 0 Å². The van der Waals surface area contributed by atoms with Gasteiger partial charge in [-0.15, -0.1) is 22.7 Å². The minimum absolute atomic E-state index is 1.02. The predicted octanol–water partition coefficient (Wildman–Crippen LogP) is 5.33. The maximum Gasteiger partial charge on any atom is 0.0382 e. The Labute approximate surface area is 113 Å². The van der Waals surface area contributed by atoms with Crippen LogP contribution in [-0.4, -0.2) is 5.33 Å². The Morgan fingerprint density at radius 2 is 2.19 bits per heavy atom. The van der Waals surface area contributed by atoms with Crippen LogP contribution >= 0.6 is 38.6 Å². The van der Waals surface area contributed by atoms with Crippen LogP contribution in [-0.2, 0) is 0 Å². The molecule has 16 heavy (non-hydrogen) atoms. The Hall–Kier alpha value is -0.380. The average Bonchev–Trinajstić information content (AvgIpc) is 2.91. The van der Waals surface area contributed by atoms with Crippen LogP contribution in [0.4, 0.5) is 0 Å². The molecule has 0 aliphatic carbocycles. The highest BCUT2D eigenvalue weighted by atomic mass is 79.9. The van der Waals surface area contributed by atoms with Gasteiger partial charge in [0.15, 0.2) is 0 Å². The molecule has 0 saturated carbocycles. The van der Waals surface area contributed by atoms with Gasteiger partial charge in [-0.1, -0.05) is 28.1 Å². The van der Waals surface area contributed by atoms with Crippen LogP contribution in [0.3, 0.4) is 0 Å². The second kappa shape index (κ2) is 5.80. The quantitative estimate of drug-likeness (QED) is 0.669. The summed E-state index contributed by atoms with van der Waals surface area (Å²) in [5.74, 6) is 0. The van der Waals surface area contributed by atoms with Crippen molar-refractivity contribution in [3.05, 3.63) is 50.4 Å². The molecule has 0 amide bonds. The number of alkyl halides is 1. The number of allylic oxidation sites excluding steroid dienone is 1. The summed E-state index contributed by atoms with van der Waals surface area (Å²) in [6.07, 6.45) is 3.41. The Bertz CT molecular complexity index is 466. The van der Waals surface area contributed by atoms with E-state index in [0.717, 1.165) is 11.8 Å². The Kier molecular flexibility index (Phi) is 4.38. The van der Waals surface area contributed by atoms with Crippen LogP contribution in [0.1, 0.15) is 21.7 Å². The van der Waals surface area contributed by atoms with Crippen molar-refractivity contribution in [3.8, 4) is 0 Å². The van der Waals surface area contributed by atoms with Gasteiger partial charge in [0.25, 0.3) is 0 Å². The molecule has 2 aromatic rings. The van der Waals surface area contributed by atoms with Gasteiger partial charge in [0.05, 0.1) is 0 Å². The van der Waals surface area contributed by atoms with Gasteiger partial charge in [0.1, 0.15) is 0 Å². The highest BCUT2D eigenvalue weighted by Gasteiger charge is 2.09. The van der Waals surface area contributed by atoms with Crippen molar-refractivity contribution in [1.82, 2.24) is 0 Å². The summed E-state index contributed by atoms with van der Waals surface area (Å²) < 4.78 is 0. The van der Waals surface area contributed by atoms with Gasteiger partial charge in [-0.3, -0.25) is 0 Å². The molecule has 0 bridgehead atoms. The first-order chi connectivity index (χ1) is 7.83. The summed E-state index contributed by atoms with van der Waals surface area (Å²) in [6, 6.07) is 6.50. The van der Waals surface area contributed by atoms with E-state index in [1.165, 1.54) is 20.9 Å². The van der Waals surface area contributed by atoms with Gasteiger partial charge in [0.2, 0.25) is 0 Å². The van der Waals surface area contributed by atoms with E-state index in [1.54, 1.807) is 0 Å².